The number of rotatable bonds is 10. The van der Waals surface area contributed by atoms with Crippen LogP contribution in [0.1, 0.15) is 51.4 Å². The van der Waals surface area contributed by atoms with Crippen molar-refractivity contribution in [1.29, 1.82) is 0 Å². The molecule has 1 aliphatic rings. The highest BCUT2D eigenvalue weighted by Crippen LogP contribution is 2.35. The molecule has 0 unspecified atom stereocenters. The van der Waals surface area contributed by atoms with Gasteiger partial charge in [0.2, 0.25) is 5.78 Å². The third-order valence-corrected chi connectivity index (χ3v) is 4.37. The second-order valence-electron chi connectivity index (χ2n) is 5.97. The van der Waals surface area contributed by atoms with Crippen molar-refractivity contribution in [3.05, 3.63) is 0 Å². The van der Waals surface area contributed by atoms with E-state index in [0.29, 0.717) is 12.8 Å². The average Bonchev–Trinajstić information content (AvgIpc) is 2.76. The number of unbranched alkanes of at least 4 members (excludes halogenated alkanes) is 3. The SMILES string of the molecule is COC(=O)CCCCCC[C@H]1C(=O)C[C@@H](O)[C@@H]1CC(=O)C(=O)O. The van der Waals surface area contributed by atoms with Gasteiger partial charge in [0.15, 0.2) is 0 Å². The fourth-order valence-corrected chi connectivity index (χ4v) is 3.06. The van der Waals surface area contributed by atoms with Crippen LogP contribution in [0.4, 0.5) is 0 Å². The molecule has 23 heavy (non-hydrogen) atoms. The van der Waals surface area contributed by atoms with Crippen LogP contribution in [0.5, 0.6) is 0 Å². The van der Waals surface area contributed by atoms with E-state index < -0.39 is 29.7 Å². The van der Waals surface area contributed by atoms with E-state index in [2.05, 4.69) is 4.74 Å². The summed E-state index contributed by atoms with van der Waals surface area (Å²) in [4.78, 5) is 44.9. The van der Waals surface area contributed by atoms with Crippen LogP contribution in [0, 0.1) is 11.8 Å². The lowest BCUT2D eigenvalue weighted by molar-refractivity contribution is -0.150. The molecule has 0 heterocycles. The number of Topliss-reactive ketones (excluding diaryl/α,β-unsaturated/α-hetero) is 2. The van der Waals surface area contributed by atoms with Crippen molar-refractivity contribution in [2.24, 2.45) is 11.8 Å². The smallest absolute Gasteiger partial charge is 0.372 e. The quantitative estimate of drug-likeness (QED) is 0.350. The summed E-state index contributed by atoms with van der Waals surface area (Å²) in [5, 5.41) is 18.5. The van der Waals surface area contributed by atoms with Crippen LogP contribution in [0.2, 0.25) is 0 Å². The van der Waals surface area contributed by atoms with Crippen molar-refractivity contribution in [3.8, 4) is 0 Å². The van der Waals surface area contributed by atoms with Crippen molar-refractivity contribution in [1.82, 2.24) is 0 Å². The predicted molar refractivity (Wildman–Crippen MR) is 79.6 cm³/mol. The van der Waals surface area contributed by atoms with Crippen molar-refractivity contribution in [2.45, 2.75) is 57.5 Å². The van der Waals surface area contributed by atoms with Crippen LogP contribution in [0.3, 0.4) is 0 Å². The Morgan fingerprint density at radius 3 is 2.43 bits per heavy atom. The molecule has 0 bridgehead atoms. The second-order valence-corrected chi connectivity index (χ2v) is 5.97. The van der Waals surface area contributed by atoms with Gasteiger partial charge in [0.25, 0.3) is 0 Å². The number of ether oxygens (including phenoxy) is 1. The Kier molecular flexibility index (Phi) is 7.88. The lowest BCUT2D eigenvalue weighted by atomic mass is 9.85. The summed E-state index contributed by atoms with van der Waals surface area (Å²) in [6.45, 7) is 0. The van der Waals surface area contributed by atoms with Crippen molar-refractivity contribution < 1.29 is 34.1 Å². The Morgan fingerprint density at radius 1 is 1.17 bits per heavy atom. The minimum Gasteiger partial charge on any atom is -0.476 e. The number of hydrogen-bond acceptors (Lipinski definition) is 6. The zero-order valence-corrected chi connectivity index (χ0v) is 13.3. The number of aliphatic hydroxyl groups is 1. The molecule has 7 nitrogen and oxygen atoms in total. The third kappa shape index (κ3) is 6.09. The summed E-state index contributed by atoms with van der Waals surface area (Å²) in [7, 11) is 1.35. The van der Waals surface area contributed by atoms with Crippen molar-refractivity contribution in [2.75, 3.05) is 7.11 Å². The number of carbonyl (C=O) groups is 4. The normalized spacial score (nSPS) is 23.7. The van der Waals surface area contributed by atoms with Crippen LogP contribution >= 0.6 is 0 Å². The molecule has 0 aromatic carbocycles. The third-order valence-electron chi connectivity index (χ3n) is 4.37. The summed E-state index contributed by atoms with van der Waals surface area (Å²) < 4.78 is 4.54. The summed E-state index contributed by atoms with van der Waals surface area (Å²) in [5.41, 5.74) is 0. The first-order valence-corrected chi connectivity index (χ1v) is 7.90. The van der Waals surface area contributed by atoms with Gasteiger partial charge in [-0.1, -0.05) is 19.3 Å². The highest BCUT2D eigenvalue weighted by molar-refractivity contribution is 6.32. The zero-order chi connectivity index (χ0) is 17.4. The number of aliphatic carboxylic acids is 1. The lowest BCUT2D eigenvalue weighted by Gasteiger charge is -2.19. The molecule has 0 aromatic rings. The van der Waals surface area contributed by atoms with Crippen LogP contribution < -0.4 is 0 Å². The van der Waals surface area contributed by atoms with E-state index in [-0.39, 0.29) is 24.6 Å². The van der Waals surface area contributed by atoms with Crippen molar-refractivity contribution >= 4 is 23.5 Å². The molecule has 130 valence electrons. The molecular formula is C16H24O7. The molecule has 0 amide bonds. The Balaban J connectivity index is 2.37. The summed E-state index contributed by atoms with van der Waals surface area (Å²) >= 11 is 0. The number of hydrogen-bond donors (Lipinski definition) is 2. The Hall–Kier alpha value is -1.76. The zero-order valence-electron chi connectivity index (χ0n) is 13.3. The molecule has 0 saturated heterocycles. The number of aliphatic hydroxyl groups excluding tert-OH is 1. The van der Waals surface area contributed by atoms with Crippen LogP contribution in [0.15, 0.2) is 0 Å². The number of methoxy groups -OCH3 is 1. The Bertz CT molecular complexity index is 457. The minimum atomic E-state index is -1.53. The Morgan fingerprint density at radius 2 is 1.83 bits per heavy atom. The van der Waals surface area contributed by atoms with Gasteiger partial charge in [0.1, 0.15) is 5.78 Å². The minimum absolute atomic E-state index is 0.00935. The molecule has 0 aliphatic heterocycles. The van der Waals surface area contributed by atoms with Gasteiger partial charge in [-0.25, -0.2) is 4.79 Å². The van der Waals surface area contributed by atoms with Crippen molar-refractivity contribution in [3.63, 3.8) is 0 Å². The Labute approximate surface area is 135 Å². The molecule has 1 fully saturated rings. The molecule has 2 N–H and O–H groups in total. The largest absolute Gasteiger partial charge is 0.476 e. The molecule has 0 radical (unpaired) electrons. The number of carboxylic acids is 1. The maximum atomic E-state index is 11.9. The highest BCUT2D eigenvalue weighted by Gasteiger charge is 2.42. The van der Waals surface area contributed by atoms with Crippen LogP contribution in [-0.4, -0.2) is 46.9 Å². The van der Waals surface area contributed by atoms with Gasteiger partial charge in [0, 0.05) is 31.1 Å². The molecule has 7 heteroatoms. The van der Waals surface area contributed by atoms with Gasteiger partial charge in [-0.05, 0) is 12.8 Å². The van der Waals surface area contributed by atoms with E-state index in [4.69, 9.17) is 5.11 Å². The average molecular weight is 328 g/mol. The molecule has 0 aromatic heterocycles. The highest BCUT2D eigenvalue weighted by atomic mass is 16.5. The summed E-state index contributed by atoms with van der Waals surface area (Å²) in [5.74, 6) is -3.89. The molecule has 1 aliphatic carbocycles. The standard InChI is InChI=1S/C16H24O7/c1-23-15(20)7-5-3-2-4-6-10-11(8-14(19)16(21)22)13(18)9-12(10)17/h10-11,13,18H,2-9H2,1H3,(H,21,22)/t10-,11-,13-/m1/s1. The monoisotopic (exact) mass is 328 g/mol. The van der Waals surface area contributed by atoms with Gasteiger partial charge < -0.3 is 14.9 Å². The van der Waals surface area contributed by atoms with Gasteiger partial charge in [-0.3, -0.25) is 14.4 Å². The molecule has 0 spiro atoms. The number of carbonyl (C=O) groups excluding carboxylic acids is 3. The topological polar surface area (TPSA) is 118 Å². The van der Waals surface area contributed by atoms with Gasteiger partial charge in [-0.2, -0.15) is 0 Å². The molecule has 1 rings (SSSR count). The fourth-order valence-electron chi connectivity index (χ4n) is 3.06. The maximum Gasteiger partial charge on any atom is 0.372 e. The summed E-state index contributed by atoms with van der Waals surface area (Å²) in [6.07, 6.45) is 2.78. The maximum absolute atomic E-state index is 11.9. The number of carboxylic acid groups (broad SMARTS) is 1. The number of ketones is 2. The van der Waals surface area contributed by atoms with E-state index in [1.807, 2.05) is 0 Å². The second kappa shape index (κ2) is 9.39. The molecule has 1 saturated carbocycles. The van der Waals surface area contributed by atoms with Gasteiger partial charge >= 0.3 is 11.9 Å². The number of esters is 1. The van der Waals surface area contributed by atoms with Crippen LogP contribution in [0.25, 0.3) is 0 Å². The van der Waals surface area contributed by atoms with E-state index in [9.17, 15) is 24.3 Å². The predicted octanol–water partition coefficient (Wildman–Crippen LogP) is 1.11. The van der Waals surface area contributed by atoms with E-state index in [1.54, 1.807) is 0 Å². The first-order valence-electron chi connectivity index (χ1n) is 7.90. The first kappa shape index (κ1) is 19.3. The first-order chi connectivity index (χ1) is 10.9. The van der Waals surface area contributed by atoms with Gasteiger partial charge in [0.05, 0.1) is 13.2 Å². The fraction of sp³-hybridized carbons (Fsp3) is 0.750. The van der Waals surface area contributed by atoms with E-state index in [0.717, 1.165) is 25.7 Å². The lowest BCUT2D eigenvalue weighted by Crippen LogP contribution is -2.26. The van der Waals surface area contributed by atoms with Crippen LogP contribution in [-0.2, 0) is 23.9 Å². The molecular weight excluding hydrogens is 304 g/mol. The van der Waals surface area contributed by atoms with Gasteiger partial charge in [-0.15, -0.1) is 0 Å². The van der Waals surface area contributed by atoms with E-state index >= 15 is 0 Å². The summed E-state index contributed by atoms with van der Waals surface area (Å²) in [6, 6.07) is 0. The van der Waals surface area contributed by atoms with E-state index in [1.165, 1.54) is 7.11 Å². The molecule has 3 atom stereocenters.